The van der Waals surface area contributed by atoms with Crippen LogP contribution in [0.4, 0.5) is 0 Å². The van der Waals surface area contributed by atoms with Crippen LogP contribution in [0.2, 0.25) is 0 Å². The third-order valence-corrected chi connectivity index (χ3v) is 1.53. The molecule has 0 amide bonds. The Kier molecular flexibility index (Phi) is 4.38. The van der Waals surface area contributed by atoms with Crippen molar-refractivity contribution in [1.82, 2.24) is 16.1 Å². The molecule has 11 heavy (non-hydrogen) atoms. The average molecular weight is 153 g/mol. The van der Waals surface area contributed by atoms with Crippen molar-refractivity contribution in [1.29, 1.82) is 0 Å². The molecule has 1 aromatic rings. The van der Waals surface area contributed by atoms with Gasteiger partial charge in [-0.3, -0.25) is 9.97 Å². The van der Waals surface area contributed by atoms with Gasteiger partial charge in [-0.25, -0.2) is 0 Å². The van der Waals surface area contributed by atoms with Crippen LogP contribution in [-0.2, 0) is 12.8 Å². The van der Waals surface area contributed by atoms with Crippen molar-refractivity contribution in [3.63, 3.8) is 0 Å². The van der Waals surface area contributed by atoms with Crippen molar-refractivity contribution in [2.24, 2.45) is 0 Å². The van der Waals surface area contributed by atoms with E-state index < -0.39 is 0 Å². The van der Waals surface area contributed by atoms with Crippen molar-refractivity contribution in [3.8, 4) is 0 Å². The Morgan fingerprint density at radius 2 is 1.36 bits per heavy atom. The summed E-state index contributed by atoms with van der Waals surface area (Å²) in [5, 5.41) is 0. The number of hydrogen-bond donors (Lipinski definition) is 1. The van der Waals surface area contributed by atoms with E-state index in [0.29, 0.717) is 0 Å². The van der Waals surface area contributed by atoms with Gasteiger partial charge < -0.3 is 6.15 Å². The Hall–Kier alpha value is -0.960. The minimum Gasteiger partial charge on any atom is -0.344 e. The fraction of sp³-hybridized carbons (Fsp3) is 0.500. The minimum atomic E-state index is 0. The van der Waals surface area contributed by atoms with E-state index in [2.05, 4.69) is 23.8 Å². The molecule has 1 rings (SSSR count). The molecule has 0 aliphatic carbocycles. The quantitative estimate of drug-likeness (QED) is 0.704. The zero-order valence-electron chi connectivity index (χ0n) is 7.17. The van der Waals surface area contributed by atoms with Crippen LogP contribution >= 0.6 is 0 Å². The largest absolute Gasteiger partial charge is 0.344 e. The first-order chi connectivity index (χ1) is 4.88. The van der Waals surface area contributed by atoms with Crippen LogP contribution in [-0.4, -0.2) is 9.97 Å². The van der Waals surface area contributed by atoms with Gasteiger partial charge in [0.15, 0.2) is 0 Å². The summed E-state index contributed by atoms with van der Waals surface area (Å²) in [5.41, 5.74) is 2.26. The molecule has 0 saturated carbocycles. The van der Waals surface area contributed by atoms with E-state index in [4.69, 9.17) is 0 Å². The van der Waals surface area contributed by atoms with E-state index in [0.717, 1.165) is 24.2 Å². The van der Waals surface area contributed by atoms with Crippen molar-refractivity contribution in [2.75, 3.05) is 0 Å². The number of nitrogens with zero attached hydrogens (tertiary/aromatic N) is 2. The maximum Gasteiger partial charge on any atom is 0.0615 e. The molecule has 3 heteroatoms. The Morgan fingerprint density at radius 3 is 1.64 bits per heavy atom. The molecule has 0 atom stereocenters. The van der Waals surface area contributed by atoms with Crippen LogP contribution < -0.4 is 6.15 Å². The number of aryl methyl sites for hydroxylation is 2. The lowest BCUT2D eigenvalue weighted by Crippen LogP contribution is -1.96. The van der Waals surface area contributed by atoms with Crippen LogP contribution in [0.3, 0.4) is 0 Å². The van der Waals surface area contributed by atoms with Gasteiger partial charge >= 0.3 is 0 Å². The zero-order valence-corrected chi connectivity index (χ0v) is 7.17. The van der Waals surface area contributed by atoms with Gasteiger partial charge in [-0.2, -0.15) is 0 Å². The molecule has 0 bridgehead atoms. The van der Waals surface area contributed by atoms with Crippen molar-refractivity contribution in [2.45, 2.75) is 26.7 Å². The van der Waals surface area contributed by atoms with Crippen LogP contribution in [0, 0.1) is 0 Å². The van der Waals surface area contributed by atoms with Crippen LogP contribution in [0.25, 0.3) is 0 Å². The van der Waals surface area contributed by atoms with E-state index in [-0.39, 0.29) is 6.15 Å². The van der Waals surface area contributed by atoms with Crippen molar-refractivity contribution in [3.05, 3.63) is 23.8 Å². The fourth-order valence-electron chi connectivity index (χ4n) is 0.986. The van der Waals surface area contributed by atoms with E-state index in [9.17, 15) is 0 Å². The fourth-order valence-corrected chi connectivity index (χ4v) is 0.986. The smallest absolute Gasteiger partial charge is 0.0615 e. The third kappa shape index (κ3) is 2.27. The Morgan fingerprint density at radius 1 is 1.00 bits per heavy atom. The highest BCUT2D eigenvalue weighted by molar-refractivity contribution is 5.09. The lowest BCUT2D eigenvalue weighted by molar-refractivity contribution is 0.904. The Labute approximate surface area is 67.5 Å². The second-order valence-corrected chi connectivity index (χ2v) is 2.16. The monoisotopic (exact) mass is 153 g/mol. The van der Waals surface area contributed by atoms with E-state index >= 15 is 0 Å². The second-order valence-electron chi connectivity index (χ2n) is 2.16. The van der Waals surface area contributed by atoms with Gasteiger partial charge in [-0.05, 0) is 12.8 Å². The number of rotatable bonds is 2. The summed E-state index contributed by atoms with van der Waals surface area (Å²) < 4.78 is 0. The molecule has 0 saturated heterocycles. The summed E-state index contributed by atoms with van der Waals surface area (Å²) in [6.07, 6.45) is 5.46. The molecular weight excluding hydrogens is 138 g/mol. The third-order valence-electron chi connectivity index (χ3n) is 1.53. The van der Waals surface area contributed by atoms with Gasteiger partial charge in [-0.15, -0.1) is 0 Å². The predicted molar refractivity (Wildman–Crippen MR) is 45.8 cm³/mol. The van der Waals surface area contributed by atoms with E-state index in [1.54, 1.807) is 12.4 Å². The predicted octanol–water partition coefficient (Wildman–Crippen LogP) is 1.76. The average Bonchev–Trinajstić information content (AvgIpc) is 2.04. The summed E-state index contributed by atoms with van der Waals surface area (Å²) in [6, 6.07) is 0. The highest BCUT2D eigenvalue weighted by Crippen LogP contribution is 2.01. The summed E-state index contributed by atoms with van der Waals surface area (Å²) in [6.45, 7) is 4.20. The van der Waals surface area contributed by atoms with Gasteiger partial charge in [0.05, 0.1) is 11.4 Å². The molecule has 0 spiro atoms. The van der Waals surface area contributed by atoms with Gasteiger partial charge in [0.2, 0.25) is 0 Å². The highest BCUT2D eigenvalue weighted by Gasteiger charge is 1.97. The zero-order chi connectivity index (χ0) is 7.40. The lowest BCUT2D eigenvalue weighted by atomic mass is 10.2. The van der Waals surface area contributed by atoms with Crippen LogP contribution in [0.15, 0.2) is 12.4 Å². The first kappa shape index (κ1) is 10.0. The summed E-state index contributed by atoms with van der Waals surface area (Å²) >= 11 is 0. The molecule has 3 nitrogen and oxygen atoms in total. The first-order valence-electron chi connectivity index (χ1n) is 3.67. The molecule has 0 unspecified atom stereocenters. The Balaban J connectivity index is 0.000001000. The molecular formula is C8H15N3. The maximum atomic E-state index is 4.21. The molecule has 3 N–H and O–H groups in total. The number of hydrogen-bond acceptors (Lipinski definition) is 3. The molecule has 0 fully saturated rings. The van der Waals surface area contributed by atoms with Crippen molar-refractivity contribution < 1.29 is 0 Å². The van der Waals surface area contributed by atoms with Gasteiger partial charge in [0, 0.05) is 12.4 Å². The topological polar surface area (TPSA) is 60.8 Å². The summed E-state index contributed by atoms with van der Waals surface area (Å²) in [7, 11) is 0. The molecule has 0 aliphatic rings. The van der Waals surface area contributed by atoms with Crippen LogP contribution in [0.5, 0.6) is 0 Å². The van der Waals surface area contributed by atoms with E-state index in [1.165, 1.54) is 0 Å². The lowest BCUT2D eigenvalue weighted by Gasteiger charge is -1.99. The molecule has 0 radical (unpaired) electrons. The maximum absolute atomic E-state index is 4.21. The van der Waals surface area contributed by atoms with E-state index in [1.807, 2.05) is 0 Å². The molecule has 0 aliphatic heterocycles. The van der Waals surface area contributed by atoms with Gasteiger partial charge in [0.1, 0.15) is 0 Å². The van der Waals surface area contributed by atoms with Crippen LogP contribution in [0.1, 0.15) is 25.2 Å². The Bertz CT molecular complexity index is 187. The van der Waals surface area contributed by atoms with Gasteiger partial charge in [0.25, 0.3) is 0 Å². The molecule has 62 valence electrons. The highest BCUT2D eigenvalue weighted by atomic mass is 14.8. The molecule has 0 aromatic carbocycles. The van der Waals surface area contributed by atoms with Crippen molar-refractivity contribution >= 4 is 0 Å². The summed E-state index contributed by atoms with van der Waals surface area (Å²) in [4.78, 5) is 8.41. The molecule has 1 aromatic heterocycles. The second kappa shape index (κ2) is 4.79. The first-order valence-corrected chi connectivity index (χ1v) is 3.67. The number of aromatic nitrogens is 2. The minimum absolute atomic E-state index is 0. The summed E-state index contributed by atoms with van der Waals surface area (Å²) in [5.74, 6) is 0. The normalized spacial score (nSPS) is 8.91. The standard InChI is InChI=1S/C8H12N2.H3N/c1-3-7-8(4-2)10-6-5-9-7;/h5-6H,3-4H2,1-2H3;1H3. The molecule has 1 heterocycles. The van der Waals surface area contributed by atoms with Gasteiger partial charge in [-0.1, -0.05) is 13.8 Å². The SMILES string of the molecule is CCc1nccnc1CC.N.